The fourth-order valence-corrected chi connectivity index (χ4v) is 5.32. The first-order chi connectivity index (χ1) is 13.2. The van der Waals surface area contributed by atoms with Crippen molar-refractivity contribution in [2.45, 2.75) is 30.8 Å². The largest absolute Gasteiger partial charge is 0.322 e. The molecule has 4 heterocycles. The highest BCUT2D eigenvalue weighted by atomic mass is 35.5. The zero-order valence-electron chi connectivity index (χ0n) is 14.6. The summed E-state index contributed by atoms with van der Waals surface area (Å²) in [5.41, 5.74) is 3.77. The number of aromatic nitrogens is 3. The molecule has 1 amide bonds. The Kier molecular flexibility index (Phi) is 3.24. The molecule has 3 aliphatic rings. The maximum Gasteiger partial charge on any atom is 0.238 e. The monoisotopic (exact) mass is 396 g/mol. The Morgan fingerprint density at radius 2 is 2.11 bits per heavy atom. The minimum Gasteiger partial charge on any atom is -0.322 e. The number of pyridine rings is 1. The minimum absolute atomic E-state index is 0.199. The first kappa shape index (κ1) is 16.0. The van der Waals surface area contributed by atoms with Crippen molar-refractivity contribution in [2.24, 2.45) is 0 Å². The molecule has 6 rings (SSSR count). The minimum atomic E-state index is -0.301. The molecule has 1 aliphatic carbocycles. The van der Waals surface area contributed by atoms with E-state index in [9.17, 15) is 4.79 Å². The Morgan fingerprint density at radius 1 is 1.26 bits per heavy atom. The van der Waals surface area contributed by atoms with E-state index in [0.29, 0.717) is 17.6 Å². The van der Waals surface area contributed by atoms with Gasteiger partial charge < -0.3 is 9.47 Å². The summed E-state index contributed by atoms with van der Waals surface area (Å²) in [7, 11) is 0. The molecule has 1 saturated carbocycles. The molecule has 1 spiro atoms. The van der Waals surface area contributed by atoms with Crippen LogP contribution in [0.3, 0.4) is 0 Å². The topological polar surface area (TPSA) is 51.0 Å². The number of fused-ring (bicyclic) bond motifs is 3. The fourth-order valence-electron chi connectivity index (χ4n) is 4.41. The van der Waals surface area contributed by atoms with Crippen LogP contribution in [-0.4, -0.2) is 31.9 Å². The van der Waals surface area contributed by atoms with Crippen LogP contribution in [-0.2, 0) is 16.8 Å². The Morgan fingerprint density at radius 3 is 2.85 bits per heavy atom. The van der Waals surface area contributed by atoms with E-state index in [0.717, 1.165) is 52.5 Å². The van der Waals surface area contributed by atoms with Crippen LogP contribution in [0.2, 0.25) is 5.02 Å². The van der Waals surface area contributed by atoms with Gasteiger partial charge in [-0.1, -0.05) is 11.6 Å². The van der Waals surface area contributed by atoms with Crippen LogP contribution in [0.4, 0.5) is 5.69 Å². The summed E-state index contributed by atoms with van der Waals surface area (Å²) in [6, 6.07) is 8.30. The number of hydrogen-bond acceptors (Lipinski definition) is 4. The van der Waals surface area contributed by atoms with Crippen LogP contribution in [0.15, 0.2) is 36.7 Å². The fraction of sp³-hybridized carbons (Fsp3) is 0.350. The molecular weight excluding hydrogens is 380 g/mol. The van der Waals surface area contributed by atoms with Crippen molar-refractivity contribution in [1.29, 1.82) is 0 Å². The summed E-state index contributed by atoms with van der Waals surface area (Å²) in [4.78, 5) is 24.3. The lowest BCUT2D eigenvalue weighted by atomic mass is 9.99. The SMILES string of the molecule is O=C1N(Cc2nc3cc(Cl)ccc3n2C2CSC2)c2cnccc2C12CC2. The van der Waals surface area contributed by atoms with Crippen molar-refractivity contribution in [2.75, 3.05) is 16.4 Å². The average molecular weight is 397 g/mol. The number of carbonyl (C=O) groups excluding carboxylic acids is 1. The predicted molar refractivity (Wildman–Crippen MR) is 107 cm³/mol. The molecule has 5 nitrogen and oxygen atoms in total. The van der Waals surface area contributed by atoms with Gasteiger partial charge in [0.15, 0.2) is 0 Å². The third kappa shape index (κ3) is 2.17. The van der Waals surface area contributed by atoms with Gasteiger partial charge in [0.2, 0.25) is 5.91 Å². The van der Waals surface area contributed by atoms with Crippen LogP contribution in [0.5, 0.6) is 0 Å². The molecule has 7 heteroatoms. The zero-order valence-corrected chi connectivity index (χ0v) is 16.1. The van der Waals surface area contributed by atoms with Crippen LogP contribution in [0.25, 0.3) is 11.0 Å². The van der Waals surface area contributed by atoms with Gasteiger partial charge in [-0.25, -0.2) is 4.98 Å². The summed E-state index contributed by atoms with van der Waals surface area (Å²) in [5.74, 6) is 3.29. The van der Waals surface area contributed by atoms with Crippen molar-refractivity contribution in [3.05, 3.63) is 53.1 Å². The molecule has 27 heavy (non-hydrogen) atoms. The van der Waals surface area contributed by atoms with Crippen molar-refractivity contribution in [1.82, 2.24) is 14.5 Å². The molecule has 0 N–H and O–H groups in total. The van der Waals surface area contributed by atoms with Crippen LogP contribution >= 0.6 is 23.4 Å². The van der Waals surface area contributed by atoms with E-state index in [-0.39, 0.29) is 11.3 Å². The second-order valence-electron chi connectivity index (χ2n) is 7.59. The van der Waals surface area contributed by atoms with Gasteiger partial charge in [-0.05, 0) is 42.7 Å². The molecule has 0 unspecified atom stereocenters. The first-order valence-corrected chi connectivity index (χ1v) is 10.7. The lowest BCUT2D eigenvalue weighted by Crippen LogP contribution is -2.34. The molecule has 0 bridgehead atoms. The molecule has 2 aliphatic heterocycles. The van der Waals surface area contributed by atoms with E-state index in [1.165, 1.54) is 0 Å². The number of thioether (sulfide) groups is 1. The highest BCUT2D eigenvalue weighted by Crippen LogP contribution is 2.57. The average Bonchev–Trinajstić information content (AvgIpc) is 3.32. The Hall–Kier alpha value is -2.05. The summed E-state index contributed by atoms with van der Waals surface area (Å²) < 4.78 is 2.31. The Bertz CT molecular complexity index is 1100. The quantitative estimate of drug-likeness (QED) is 0.672. The number of amides is 1. The number of hydrogen-bond donors (Lipinski definition) is 0. The second-order valence-corrected chi connectivity index (χ2v) is 9.10. The van der Waals surface area contributed by atoms with E-state index >= 15 is 0 Å². The summed E-state index contributed by atoms with van der Waals surface area (Å²) >= 11 is 8.13. The maximum atomic E-state index is 13.2. The van der Waals surface area contributed by atoms with Gasteiger partial charge in [0.25, 0.3) is 0 Å². The van der Waals surface area contributed by atoms with Crippen LogP contribution < -0.4 is 4.90 Å². The second kappa shape index (κ2) is 5.49. The molecule has 0 atom stereocenters. The molecular formula is C20H17ClN4OS. The van der Waals surface area contributed by atoms with Crippen molar-refractivity contribution < 1.29 is 4.79 Å². The lowest BCUT2D eigenvalue weighted by Gasteiger charge is -2.29. The van der Waals surface area contributed by atoms with E-state index in [2.05, 4.69) is 9.55 Å². The summed E-state index contributed by atoms with van der Waals surface area (Å²) in [6.07, 6.45) is 5.48. The number of benzene rings is 1. The van der Waals surface area contributed by atoms with Gasteiger partial charge in [-0.2, -0.15) is 11.8 Å². The van der Waals surface area contributed by atoms with E-state index in [4.69, 9.17) is 16.6 Å². The van der Waals surface area contributed by atoms with Crippen molar-refractivity contribution in [3.8, 4) is 0 Å². The number of anilines is 1. The predicted octanol–water partition coefficient (Wildman–Crippen LogP) is 3.95. The van der Waals surface area contributed by atoms with Gasteiger partial charge in [-0.3, -0.25) is 9.78 Å². The van der Waals surface area contributed by atoms with Gasteiger partial charge >= 0.3 is 0 Å². The third-order valence-corrected chi connectivity index (χ3v) is 7.50. The van der Waals surface area contributed by atoms with Crippen molar-refractivity contribution in [3.63, 3.8) is 0 Å². The first-order valence-electron chi connectivity index (χ1n) is 9.18. The van der Waals surface area contributed by atoms with E-state index < -0.39 is 0 Å². The Balaban J connectivity index is 1.47. The van der Waals surface area contributed by atoms with Gasteiger partial charge in [0.1, 0.15) is 5.82 Å². The van der Waals surface area contributed by atoms with E-state index in [1.54, 1.807) is 6.20 Å². The number of nitrogens with zero attached hydrogens (tertiary/aromatic N) is 4. The smallest absolute Gasteiger partial charge is 0.238 e. The molecule has 3 aromatic rings. The van der Waals surface area contributed by atoms with E-state index in [1.807, 2.05) is 47.1 Å². The highest BCUT2D eigenvalue weighted by Gasteiger charge is 2.59. The number of carbonyl (C=O) groups is 1. The molecule has 2 aromatic heterocycles. The maximum absolute atomic E-state index is 13.2. The number of rotatable bonds is 3. The molecule has 1 aromatic carbocycles. The Labute approximate surface area is 165 Å². The molecule has 1 saturated heterocycles. The summed E-state index contributed by atoms with van der Waals surface area (Å²) in [6.45, 7) is 0.479. The van der Waals surface area contributed by atoms with Crippen LogP contribution in [0.1, 0.15) is 30.3 Å². The number of halogens is 1. The highest BCUT2D eigenvalue weighted by molar-refractivity contribution is 8.00. The third-order valence-electron chi connectivity index (χ3n) is 6.02. The van der Waals surface area contributed by atoms with Gasteiger partial charge in [0, 0.05) is 22.7 Å². The van der Waals surface area contributed by atoms with Gasteiger partial charge in [-0.15, -0.1) is 0 Å². The number of imidazole rings is 1. The normalized spacial score (nSPS) is 20.3. The van der Waals surface area contributed by atoms with Gasteiger partial charge in [0.05, 0.1) is 40.9 Å². The van der Waals surface area contributed by atoms with Crippen molar-refractivity contribution >= 4 is 46.0 Å². The standard InChI is InChI=1S/C20H17ClN4OS/c21-12-1-2-16-15(7-12)23-18(25(16)13-10-27-11-13)9-24-17-8-22-6-3-14(17)20(4-5-20)19(24)26/h1-3,6-8,13H,4-5,9-11H2. The lowest BCUT2D eigenvalue weighted by molar-refractivity contribution is -0.120. The molecule has 2 fully saturated rings. The summed E-state index contributed by atoms with van der Waals surface area (Å²) in [5, 5.41) is 0.686. The van der Waals surface area contributed by atoms with Crippen LogP contribution in [0, 0.1) is 0 Å². The molecule has 136 valence electrons. The zero-order chi connectivity index (χ0) is 18.2. The molecule has 0 radical (unpaired) electrons.